The quantitative estimate of drug-likeness (QED) is 0.630. The second kappa shape index (κ2) is 7.14. The number of hydrogen-bond acceptors (Lipinski definition) is 3. The van der Waals surface area contributed by atoms with Crippen LogP contribution in [0.1, 0.15) is 5.56 Å². The smallest absolute Gasteiger partial charge is 0.119 e. The molecule has 100 valence electrons. The zero-order valence-electron chi connectivity index (χ0n) is 10.6. The van der Waals surface area contributed by atoms with Gasteiger partial charge >= 0.3 is 0 Å². The van der Waals surface area contributed by atoms with Crippen molar-refractivity contribution in [2.45, 2.75) is 12.5 Å². The number of ether oxygens (including phenoxy) is 1. The van der Waals surface area contributed by atoms with E-state index in [1.165, 1.54) is 0 Å². The molecule has 0 fully saturated rings. The standard InChI is InChI=1S/C15H17ClN2O/c16-13-6-4-5-12(9-13)10-14(18-17)11-19-15-7-2-1-3-8-15/h1-9,14,18H,10-11,17H2. The number of hydrogen-bond donors (Lipinski definition) is 2. The summed E-state index contributed by atoms with van der Waals surface area (Å²) in [7, 11) is 0. The molecule has 3 N–H and O–H groups in total. The van der Waals surface area contributed by atoms with Crippen molar-refractivity contribution in [2.75, 3.05) is 6.61 Å². The fraction of sp³-hybridized carbons (Fsp3) is 0.200. The van der Waals surface area contributed by atoms with E-state index in [1.54, 1.807) is 0 Å². The molecule has 0 aliphatic heterocycles. The third kappa shape index (κ3) is 4.56. The van der Waals surface area contributed by atoms with Crippen LogP contribution in [0.15, 0.2) is 54.6 Å². The summed E-state index contributed by atoms with van der Waals surface area (Å²) in [4.78, 5) is 0. The molecule has 0 aliphatic carbocycles. The van der Waals surface area contributed by atoms with Gasteiger partial charge in [0.2, 0.25) is 0 Å². The summed E-state index contributed by atoms with van der Waals surface area (Å²) in [6.07, 6.45) is 0.768. The molecule has 1 unspecified atom stereocenters. The Balaban J connectivity index is 1.90. The zero-order valence-corrected chi connectivity index (χ0v) is 11.3. The summed E-state index contributed by atoms with van der Waals surface area (Å²) in [5.41, 5.74) is 3.90. The zero-order chi connectivity index (χ0) is 13.5. The van der Waals surface area contributed by atoms with Gasteiger partial charge in [0.25, 0.3) is 0 Å². The normalized spacial score (nSPS) is 12.1. The van der Waals surface area contributed by atoms with Crippen LogP contribution in [-0.2, 0) is 6.42 Å². The van der Waals surface area contributed by atoms with Crippen LogP contribution in [0.3, 0.4) is 0 Å². The van der Waals surface area contributed by atoms with Crippen molar-refractivity contribution in [3.63, 3.8) is 0 Å². The minimum atomic E-state index is 0.0404. The Labute approximate surface area is 118 Å². The van der Waals surface area contributed by atoms with Crippen LogP contribution < -0.4 is 16.0 Å². The molecule has 0 saturated heterocycles. The second-order valence-corrected chi connectivity index (χ2v) is 4.76. The lowest BCUT2D eigenvalue weighted by Gasteiger charge is -2.17. The van der Waals surface area contributed by atoms with Crippen LogP contribution in [0.4, 0.5) is 0 Å². The van der Waals surface area contributed by atoms with E-state index in [9.17, 15) is 0 Å². The Morgan fingerprint density at radius 2 is 1.89 bits per heavy atom. The summed E-state index contributed by atoms with van der Waals surface area (Å²) in [6, 6.07) is 17.5. The molecular formula is C15H17ClN2O. The van der Waals surface area contributed by atoms with E-state index in [2.05, 4.69) is 5.43 Å². The van der Waals surface area contributed by atoms with Gasteiger partial charge in [0, 0.05) is 5.02 Å². The molecule has 3 nitrogen and oxygen atoms in total. The third-order valence-corrected chi connectivity index (χ3v) is 3.04. The molecule has 4 heteroatoms. The maximum Gasteiger partial charge on any atom is 0.119 e. The number of nitrogens with one attached hydrogen (secondary N) is 1. The van der Waals surface area contributed by atoms with Crippen molar-refractivity contribution in [2.24, 2.45) is 5.84 Å². The number of benzene rings is 2. The first kappa shape index (κ1) is 13.9. The van der Waals surface area contributed by atoms with Crippen molar-refractivity contribution in [1.82, 2.24) is 5.43 Å². The highest BCUT2D eigenvalue weighted by Gasteiger charge is 2.09. The monoisotopic (exact) mass is 276 g/mol. The van der Waals surface area contributed by atoms with Crippen LogP contribution in [-0.4, -0.2) is 12.6 Å². The fourth-order valence-corrected chi connectivity index (χ4v) is 2.04. The summed E-state index contributed by atoms with van der Waals surface area (Å²) < 4.78 is 5.69. The predicted octanol–water partition coefficient (Wildman–Crippen LogP) is 2.79. The SMILES string of the molecule is NNC(COc1ccccc1)Cc1cccc(Cl)c1. The Bertz CT molecular complexity index is 505. The average molecular weight is 277 g/mol. The number of halogens is 1. The van der Waals surface area contributed by atoms with Gasteiger partial charge in [-0.25, -0.2) is 0 Å². The van der Waals surface area contributed by atoms with Gasteiger partial charge in [-0.2, -0.15) is 0 Å². The molecule has 2 aromatic carbocycles. The number of hydrazine groups is 1. The van der Waals surface area contributed by atoms with E-state index in [0.717, 1.165) is 22.8 Å². The summed E-state index contributed by atoms with van der Waals surface area (Å²) in [5, 5.41) is 0.734. The van der Waals surface area contributed by atoms with E-state index < -0.39 is 0 Å². The van der Waals surface area contributed by atoms with Gasteiger partial charge in [-0.15, -0.1) is 0 Å². The Morgan fingerprint density at radius 1 is 1.11 bits per heavy atom. The Hall–Kier alpha value is -1.55. The summed E-state index contributed by atoms with van der Waals surface area (Å²) in [6.45, 7) is 0.507. The van der Waals surface area contributed by atoms with Gasteiger partial charge in [-0.3, -0.25) is 11.3 Å². The lowest BCUT2D eigenvalue weighted by atomic mass is 10.1. The third-order valence-electron chi connectivity index (χ3n) is 2.80. The van der Waals surface area contributed by atoms with E-state index in [-0.39, 0.29) is 6.04 Å². The van der Waals surface area contributed by atoms with Crippen LogP contribution in [0.2, 0.25) is 5.02 Å². The minimum Gasteiger partial charge on any atom is -0.492 e. The highest BCUT2D eigenvalue weighted by molar-refractivity contribution is 6.30. The first-order chi connectivity index (χ1) is 9.28. The summed E-state index contributed by atoms with van der Waals surface area (Å²) in [5.74, 6) is 6.40. The van der Waals surface area contributed by atoms with Crippen molar-refractivity contribution in [3.05, 3.63) is 65.2 Å². The average Bonchev–Trinajstić information content (AvgIpc) is 2.44. The lowest BCUT2D eigenvalue weighted by molar-refractivity contribution is 0.264. The molecule has 2 aromatic rings. The number of nitrogens with two attached hydrogens (primary N) is 1. The van der Waals surface area contributed by atoms with Crippen molar-refractivity contribution in [1.29, 1.82) is 0 Å². The molecule has 0 aliphatic rings. The van der Waals surface area contributed by atoms with Gasteiger partial charge in [-0.05, 0) is 36.2 Å². The van der Waals surface area contributed by atoms with Gasteiger partial charge in [0.15, 0.2) is 0 Å². The van der Waals surface area contributed by atoms with Gasteiger partial charge in [0.1, 0.15) is 12.4 Å². The van der Waals surface area contributed by atoms with E-state index in [0.29, 0.717) is 6.61 Å². The first-order valence-electron chi connectivity index (χ1n) is 6.16. The molecule has 0 amide bonds. The molecule has 1 atom stereocenters. The second-order valence-electron chi connectivity index (χ2n) is 4.32. The fourth-order valence-electron chi connectivity index (χ4n) is 1.83. The van der Waals surface area contributed by atoms with Gasteiger partial charge in [0.05, 0.1) is 6.04 Å². The Kier molecular flexibility index (Phi) is 5.21. The van der Waals surface area contributed by atoms with Crippen molar-refractivity contribution < 1.29 is 4.74 Å². The highest BCUT2D eigenvalue weighted by atomic mass is 35.5. The molecular weight excluding hydrogens is 260 g/mol. The molecule has 19 heavy (non-hydrogen) atoms. The van der Waals surface area contributed by atoms with E-state index in [4.69, 9.17) is 22.2 Å². The van der Waals surface area contributed by atoms with Crippen LogP contribution in [0, 0.1) is 0 Å². The molecule has 0 radical (unpaired) electrons. The highest BCUT2D eigenvalue weighted by Crippen LogP contribution is 2.13. The van der Waals surface area contributed by atoms with E-state index in [1.807, 2.05) is 54.6 Å². The topological polar surface area (TPSA) is 47.3 Å². The van der Waals surface area contributed by atoms with Crippen molar-refractivity contribution >= 4 is 11.6 Å². The molecule has 0 bridgehead atoms. The maximum absolute atomic E-state index is 5.96. The molecule has 0 aromatic heterocycles. The minimum absolute atomic E-state index is 0.0404. The summed E-state index contributed by atoms with van der Waals surface area (Å²) >= 11 is 5.96. The van der Waals surface area contributed by atoms with Crippen LogP contribution in [0.25, 0.3) is 0 Å². The molecule has 2 rings (SSSR count). The molecule has 0 heterocycles. The van der Waals surface area contributed by atoms with Crippen molar-refractivity contribution in [3.8, 4) is 5.75 Å². The Morgan fingerprint density at radius 3 is 2.58 bits per heavy atom. The number of rotatable bonds is 6. The van der Waals surface area contributed by atoms with Crippen LogP contribution >= 0.6 is 11.6 Å². The van der Waals surface area contributed by atoms with Gasteiger partial charge in [-0.1, -0.05) is 41.9 Å². The maximum atomic E-state index is 5.96. The molecule has 0 spiro atoms. The predicted molar refractivity (Wildman–Crippen MR) is 78.2 cm³/mol. The van der Waals surface area contributed by atoms with E-state index >= 15 is 0 Å². The molecule has 0 saturated carbocycles. The lowest BCUT2D eigenvalue weighted by Crippen LogP contribution is -2.41. The van der Waals surface area contributed by atoms with Crippen LogP contribution in [0.5, 0.6) is 5.75 Å². The largest absolute Gasteiger partial charge is 0.492 e. The van der Waals surface area contributed by atoms with Gasteiger partial charge < -0.3 is 4.74 Å². The number of para-hydroxylation sites is 1. The first-order valence-corrected chi connectivity index (χ1v) is 6.54.